The quantitative estimate of drug-likeness (QED) is 0.311. The van der Waals surface area contributed by atoms with Crippen LogP contribution in [-0.4, -0.2) is 42.7 Å². The number of esters is 1. The fourth-order valence-corrected chi connectivity index (χ4v) is 3.99. The number of carbonyl (C=O) groups is 2. The zero-order valence-electron chi connectivity index (χ0n) is 17.0. The molecule has 1 amide bonds. The Balaban J connectivity index is 2.03. The van der Waals surface area contributed by atoms with Gasteiger partial charge in [-0.2, -0.15) is 4.99 Å². The molecule has 0 bridgehead atoms. The highest BCUT2D eigenvalue weighted by Gasteiger charge is 2.16. The minimum absolute atomic E-state index is 0.0419. The average Bonchev–Trinajstić information content (AvgIpc) is 3.09. The van der Waals surface area contributed by atoms with E-state index in [2.05, 4.69) is 4.99 Å². The molecule has 0 unspecified atom stereocenters. The third kappa shape index (κ3) is 4.89. The Hall–Kier alpha value is -3.73. The first kappa shape index (κ1) is 22.0. The Morgan fingerprint density at radius 2 is 1.90 bits per heavy atom. The number of nitrogens with zero attached hydrogens (tertiary/aromatic N) is 3. The number of ether oxygens (including phenoxy) is 3. The van der Waals surface area contributed by atoms with E-state index in [9.17, 15) is 19.7 Å². The number of rotatable bonds is 7. The van der Waals surface area contributed by atoms with Crippen molar-refractivity contribution in [3.8, 4) is 11.5 Å². The van der Waals surface area contributed by atoms with Gasteiger partial charge in [0.25, 0.3) is 11.6 Å². The second kappa shape index (κ2) is 9.39. The number of non-ortho nitro benzene ring substituents is 1. The van der Waals surface area contributed by atoms with Crippen LogP contribution in [0.15, 0.2) is 41.4 Å². The van der Waals surface area contributed by atoms with Crippen molar-refractivity contribution >= 4 is 39.1 Å². The molecule has 1 heterocycles. The fourth-order valence-electron chi connectivity index (χ4n) is 2.91. The van der Waals surface area contributed by atoms with Crippen molar-refractivity contribution in [2.75, 3.05) is 21.3 Å². The predicted octanol–water partition coefficient (Wildman–Crippen LogP) is 2.47. The van der Waals surface area contributed by atoms with Crippen LogP contribution >= 0.6 is 11.3 Å². The standard InChI is InChI=1S/C20H19N3O7S/c1-28-14-6-4-12(16(10-14)29-2)8-18(24)21-20-22(11-19(25)30-3)15-7-5-13(23(26)27)9-17(15)31-20/h4-7,9-10H,8,11H2,1-3H3. The molecule has 3 rings (SSSR count). The summed E-state index contributed by atoms with van der Waals surface area (Å²) < 4.78 is 17.2. The lowest BCUT2D eigenvalue weighted by molar-refractivity contribution is -0.384. The molecular weight excluding hydrogens is 426 g/mol. The van der Waals surface area contributed by atoms with Crippen molar-refractivity contribution in [2.24, 2.45) is 4.99 Å². The van der Waals surface area contributed by atoms with Crippen LogP contribution in [0.5, 0.6) is 11.5 Å². The molecule has 3 aromatic rings. The Kier molecular flexibility index (Phi) is 6.65. The van der Waals surface area contributed by atoms with Crippen LogP contribution in [0.25, 0.3) is 10.2 Å². The first-order valence-electron chi connectivity index (χ1n) is 8.99. The lowest BCUT2D eigenvalue weighted by Crippen LogP contribution is -2.22. The molecule has 0 aliphatic heterocycles. The predicted molar refractivity (Wildman–Crippen MR) is 112 cm³/mol. The van der Waals surface area contributed by atoms with Crippen LogP contribution in [0.3, 0.4) is 0 Å². The summed E-state index contributed by atoms with van der Waals surface area (Å²) in [6, 6.07) is 9.31. The van der Waals surface area contributed by atoms with E-state index in [1.807, 2.05) is 0 Å². The van der Waals surface area contributed by atoms with Gasteiger partial charge in [0.15, 0.2) is 4.80 Å². The molecular formula is C20H19N3O7S. The van der Waals surface area contributed by atoms with E-state index in [1.54, 1.807) is 18.2 Å². The highest BCUT2D eigenvalue weighted by Crippen LogP contribution is 2.26. The number of nitro benzene ring substituents is 1. The van der Waals surface area contributed by atoms with Gasteiger partial charge in [0.1, 0.15) is 18.0 Å². The van der Waals surface area contributed by atoms with E-state index in [0.29, 0.717) is 27.3 Å². The van der Waals surface area contributed by atoms with E-state index >= 15 is 0 Å². The van der Waals surface area contributed by atoms with Gasteiger partial charge in [0.05, 0.1) is 42.9 Å². The summed E-state index contributed by atoms with van der Waals surface area (Å²) in [6.07, 6.45) is -0.0419. The Morgan fingerprint density at radius 3 is 2.55 bits per heavy atom. The molecule has 0 N–H and O–H groups in total. The number of methoxy groups -OCH3 is 3. The van der Waals surface area contributed by atoms with Crippen molar-refractivity contribution in [1.82, 2.24) is 4.57 Å². The average molecular weight is 445 g/mol. The highest BCUT2D eigenvalue weighted by molar-refractivity contribution is 7.16. The minimum Gasteiger partial charge on any atom is -0.497 e. The number of carbonyl (C=O) groups excluding carboxylic acids is 2. The molecule has 0 aliphatic carbocycles. The third-order valence-electron chi connectivity index (χ3n) is 4.45. The number of amides is 1. The molecule has 0 fully saturated rings. The van der Waals surface area contributed by atoms with E-state index in [-0.39, 0.29) is 23.5 Å². The maximum Gasteiger partial charge on any atom is 0.325 e. The first-order valence-corrected chi connectivity index (χ1v) is 9.81. The summed E-state index contributed by atoms with van der Waals surface area (Å²) in [7, 11) is 4.27. The smallest absolute Gasteiger partial charge is 0.325 e. The molecule has 11 heteroatoms. The van der Waals surface area contributed by atoms with Crippen molar-refractivity contribution in [1.29, 1.82) is 0 Å². The number of thiazole rings is 1. The molecule has 0 atom stereocenters. The van der Waals surface area contributed by atoms with E-state index in [0.717, 1.165) is 11.3 Å². The second-order valence-electron chi connectivity index (χ2n) is 6.32. The van der Waals surface area contributed by atoms with Gasteiger partial charge >= 0.3 is 5.97 Å². The minimum atomic E-state index is -0.538. The van der Waals surface area contributed by atoms with Crippen LogP contribution in [0.1, 0.15) is 5.56 Å². The lowest BCUT2D eigenvalue weighted by atomic mass is 10.1. The van der Waals surface area contributed by atoms with Gasteiger partial charge < -0.3 is 18.8 Å². The highest BCUT2D eigenvalue weighted by atomic mass is 32.1. The van der Waals surface area contributed by atoms with Gasteiger partial charge in [-0.15, -0.1) is 0 Å². The summed E-state index contributed by atoms with van der Waals surface area (Å²) in [5.74, 6) is 0.0659. The van der Waals surface area contributed by atoms with Crippen LogP contribution in [-0.2, 0) is 27.3 Å². The summed E-state index contributed by atoms with van der Waals surface area (Å²) in [5.41, 5.74) is 1.06. The molecule has 10 nitrogen and oxygen atoms in total. The molecule has 1 aromatic heterocycles. The van der Waals surface area contributed by atoms with Crippen LogP contribution in [0.4, 0.5) is 5.69 Å². The topological polar surface area (TPSA) is 122 Å². The lowest BCUT2D eigenvalue weighted by Gasteiger charge is -2.08. The second-order valence-corrected chi connectivity index (χ2v) is 7.33. The third-order valence-corrected chi connectivity index (χ3v) is 5.49. The maximum atomic E-state index is 12.7. The Morgan fingerprint density at radius 1 is 1.13 bits per heavy atom. The normalized spacial score (nSPS) is 11.4. The number of hydrogen-bond donors (Lipinski definition) is 0. The molecule has 0 radical (unpaired) electrons. The van der Waals surface area contributed by atoms with Gasteiger partial charge in [-0.3, -0.25) is 19.7 Å². The van der Waals surface area contributed by atoms with E-state index < -0.39 is 16.8 Å². The zero-order valence-corrected chi connectivity index (χ0v) is 17.8. The molecule has 2 aromatic carbocycles. The van der Waals surface area contributed by atoms with Gasteiger partial charge in [0.2, 0.25) is 0 Å². The summed E-state index contributed by atoms with van der Waals surface area (Å²) in [4.78, 5) is 39.5. The number of hydrogen-bond acceptors (Lipinski definition) is 8. The van der Waals surface area contributed by atoms with Crippen molar-refractivity contribution in [3.05, 3.63) is 56.9 Å². The number of aromatic nitrogens is 1. The van der Waals surface area contributed by atoms with E-state index in [1.165, 1.54) is 44.1 Å². The van der Waals surface area contributed by atoms with Crippen molar-refractivity contribution in [2.45, 2.75) is 13.0 Å². The molecule has 0 spiro atoms. The van der Waals surface area contributed by atoms with Crippen molar-refractivity contribution in [3.63, 3.8) is 0 Å². The van der Waals surface area contributed by atoms with Gasteiger partial charge in [-0.25, -0.2) is 0 Å². The molecule has 0 aliphatic rings. The van der Waals surface area contributed by atoms with Gasteiger partial charge in [0, 0.05) is 23.8 Å². The maximum absolute atomic E-state index is 12.7. The van der Waals surface area contributed by atoms with Gasteiger partial charge in [-0.1, -0.05) is 17.4 Å². The monoisotopic (exact) mass is 445 g/mol. The molecule has 162 valence electrons. The Labute approximate surface area is 180 Å². The SMILES string of the molecule is COC(=O)Cn1c(=NC(=O)Cc2ccc(OC)cc2OC)sc2cc([N+](=O)[O-])ccc21. The summed E-state index contributed by atoms with van der Waals surface area (Å²) in [5, 5.41) is 11.1. The van der Waals surface area contributed by atoms with Crippen LogP contribution in [0.2, 0.25) is 0 Å². The number of nitro groups is 1. The zero-order chi connectivity index (χ0) is 22.5. The van der Waals surface area contributed by atoms with Crippen LogP contribution in [0, 0.1) is 10.1 Å². The summed E-state index contributed by atoms with van der Waals surface area (Å²) >= 11 is 1.07. The largest absolute Gasteiger partial charge is 0.497 e. The molecule has 0 saturated carbocycles. The Bertz CT molecular complexity index is 1230. The van der Waals surface area contributed by atoms with Gasteiger partial charge in [-0.05, 0) is 12.1 Å². The molecule has 0 saturated heterocycles. The van der Waals surface area contributed by atoms with Crippen LogP contribution < -0.4 is 14.3 Å². The first-order chi connectivity index (χ1) is 14.9. The number of fused-ring (bicyclic) bond motifs is 1. The molecule has 31 heavy (non-hydrogen) atoms. The number of benzene rings is 2. The van der Waals surface area contributed by atoms with Crippen molar-refractivity contribution < 1.29 is 28.7 Å². The fraction of sp³-hybridized carbons (Fsp3) is 0.250. The summed E-state index contributed by atoms with van der Waals surface area (Å²) in [6.45, 7) is -0.188. The van der Waals surface area contributed by atoms with E-state index in [4.69, 9.17) is 14.2 Å².